The monoisotopic (exact) mass is 503 g/mol. The number of hydrogen-bond donors (Lipinski definition) is 11. The first-order valence-electron chi connectivity index (χ1n) is 10.6. The zero-order valence-corrected chi connectivity index (χ0v) is 18.1. The summed E-state index contributed by atoms with van der Waals surface area (Å²) in [4.78, 5) is 0. The van der Waals surface area contributed by atoms with Crippen LogP contribution in [0.15, 0.2) is 0 Å². The molecular weight excluding hydrogens is 470 g/mol. The third kappa shape index (κ3) is 5.09. The predicted molar refractivity (Wildman–Crippen MR) is 103 cm³/mol. The van der Waals surface area contributed by atoms with Crippen LogP contribution in [0.4, 0.5) is 0 Å². The highest BCUT2D eigenvalue weighted by molar-refractivity contribution is 4.98. The van der Waals surface area contributed by atoms with E-state index < -0.39 is 105 Å². The fraction of sp³-hybridized carbons (Fsp3) is 1.00. The first-order valence-corrected chi connectivity index (χ1v) is 10.6. The molecule has 3 aliphatic rings. The second-order valence-corrected chi connectivity index (χ2v) is 8.61. The maximum Gasteiger partial charge on any atom is 0.187 e. The summed E-state index contributed by atoms with van der Waals surface area (Å²) in [5, 5.41) is 100. The number of nitrogens with two attached hydrogens (primary N) is 1. The Hall–Kier alpha value is -0.640. The minimum Gasteiger partial charge on any atom is -0.394 e. The third-order valence-corrected chi connectivity index (χ3v) is 6.31. The van der Waals surface area contributed by atoms with Crippen LogP contribution in [0.1, 0.15) is 6.92 Å². The summed E-state index contributed by atoms with van der Waals surface area (Å²) in [5.74, 6) is 0. The van der Waals surface area contributed by atoms with E-state index in [1.54, 1.807) is 0 Å². The van der Waals surface area contributed by atoms with Crippen LogP contribution in [0.25, 0.3) is 0 Å². The van der Waals surface area contributed by atoms with Gasteiger partial charge in [-0.2, -0.15) is 0 Å². The molecule has 12 N–H and O–H groups in total. The second-order valence-electron chi connectivity index (χ2n) is 8.61. The van der Waals surface area contributed by atoms with Crippen molar-refractivity contribution < 1.29 is 74.7 Å². The van der Waals surface area contributed by atoms with Crippen molar-refractivity contribution in [3.63, 3.8) is 0 Å². The van der Waals surface area contributed by atoms with Gasteiger partial charge in [-0.15, -0.1) is 0 Å². The van der Waals surface area contributed by atoms with Gasteiger partial charge >= 0.3 is 0 Å². The van der Waals surface area contributed by atoms with Crippen molar-refractivity contribution in [2.75, 3.05) is 13.2 Å². The Labute approximate surface area is 193 Å². The van der Waals surface area contributed by atoms with Gasteiger partial charge < -0.3 is 74.7 Å². The smallest absolute Gasteiger partial charge is 0.187 e. The van der Waals surface area contributed by atoms with E-state index in [1.807, 2.05) is 0 Å². The van der Waals surface area contributed by atoms with Crippen molar-refractivity contribution in [2.24, 2.45) is 5.73 Å². The van der Waals surface area contributed by atoms with Crippen LogP contribution in [0.5, 0.6) is 0 Å². The average Bonchev–Trinajstić information content (AvgIpc) is 2.80. The average molecular weight is 503 g/mol. The lowest BCUT2D eigenvalue weighted by Crippen LogP contribution is -2.71. The van der Waals surface area contributed by atoms with Crippen molar-refractivity contribution in [3.8, 4) is 0 Å². The van der Waals surface area contributed by atoms with E-state index in [2.05, 4.69) is 0 Å². The minimum atomic E-state index is -2.31. The molecule has 0 saturated carbocycles. The fourth-order valence-corrected chi connectivity index (χ4v) is 4.04. The summed E-state index contributed by atoms with van der Waals surface area (Å²) in [6.07, 6.45) is -23.4. The van der Waals surface area contributed by atoms with Gasteiger partial charge in [0, 0.05) is 0 Å². The van der Waals surface area contributed by atoms with Gasteiger partial charge in [0.15, 0.2) is 24.6 Å². The SMILES string of the molecule is C[C@H]1O[C@H](O[C@H]2[C@H](O)[C@@H](O)[C@@H](O[C@H]3[C@H](O)[C@@H](O)[C@H](O)O[C@@H]3CO)O[C@@H]2CO)[C@H](O)[C@@H](O)[C@]1(N)O. The molecule has 0 spiro atoms. The third-order valence-electron chi connectivity index (χ3n) is 6.31. The number of aliphatic hydroxyl groups is 10. The van der Waals surface area contributed by atoms with Gasteiger partial charge in [-0.1, -0.05) is 0 Å². The number of rotatable bonds is 6. The Balaban J connectivity index is 1.72. The van der Waals surface area contributed by atoms with Crippen LogP contribution in [0.2, 0.25) is 0 Å². The lowest BCUT2D eigenvalue weighted by atomic mass is 9.93. The molecule has 200 valence electrons. The summed E-state index contributed by atoms with van der Waals surface area (Å²) in [6, 6.07) is 0. The quantitative estimate of drug-likeness (QED) is 0.150. The number of hydrogen-bond acceptors (Lipinski definition) is 16. The van der Waals surface area contributed by atoms with Gasteiger partial charge in [0.1, 0.15) is 67.1 Å². The largest absolute Gasteiger partial charge is 0.394 e. The minimum absolute atomic E-state index is 0.753. The summed E-state index contributed by atoms with van der Waals surface area (Å²) in [7, 11) is 0. The lowest BCUT2D eigenvalue weighted by Gasteiger charge is -2.49. The molecule has 3 aliphatic heterocycles. The van der Waals surface area contributed by atoms with E-state index in [0.717, 1.165) is 0 Å². The summed E-state index contributed by atoms with van der Waals surface area (Å²) in [5.41, 5.74) is 3.22. The molecule has 3 saturated heterocycles. The van der Waals surface area contributed by atoms with E-state index in [9.17, 15) is 51.1 Å². The molecule has 3 rings (SSSR count). The maximum absolute atomic E-state index is 10.6. The van der Waals surface area contributed by atoms with Gasteiger partial charge in [-0.25, -0.2) is 0 Å². The van der Waals surface area contributed by atoms with Crippen molar-refractivity contribution in [1.82, 2.24) is 0 Å². The van der Waals surface area contributed by atoms with Gasteiger partial charge in [0.2, 0.25) is 0 Å². The molecule has 16 nitrogen and oxygen atoms in total. The molecule has 3 heterocycles. The molecule has 0 amide bonds. The molecule has 3 fully saturated rings. The van der Waals surface area contributed by atoms with Crippen LogP contribution < -0.4 is 5.73 Å². The van der Waals surface area contributed by atoms with E-state index in [0.29, 0.717) is 0 Å². The van der Waals surface area contributed by atoms with Gasteiger partial charge in [0.25, 0.3) is 0 Å². The molecule has 15 atom stereocenters. The molecule has 0 aliphatic carbocycles. The molecule has 34 heavy (non-hydrogen) atoms. The summed E-state index contributed by atoms with van der Waals surface area (Å²) >= 11 is 0. The Morgan fingerprint density at radius 3 is 1.71 bits per heavy atom. The highest BCUT2D eigenvalue weighted by atomic mass is 16.8. The molecule has 0 radical (unpaired) electrons. The number of aliphatic hydroxyl groups excluding tert-OH is 9. The van der Waals surface area contributed by atoms with Crippen molar-refractivity contribution in [2.45, 2.75) is 98.7 Å². The van der Waals surface area contributed by atoms with Crippen molar-refractivity contribution in [1.29, 1.82) is 0 Å². The van der Waals surface area contributed by atoms with Crippen LogP contribution in [-0.4, -0.2) is 156 Å². The molecule has 0 unspecified atom stereocenters. The molecule has 0 aromatic carbocycles. The highest BCUT2D eigenvalue weighted by Gasteiger charge is 2.55. The maximum atomic E-state index is 10.6. The zero-order chi connectivity index (χ0) is 25.5. The van der Waals surface area contributed by atoms with E-state index >= 15 is 0 Å². The van der Waals surface area contributed by atoms with E-state index in [-0.39, 0.29) is 0 Å². The first kappa shape index (κ1) is 27.9. The van der Waals surface area contributed by atoms with Crippen molar-refractivity contribution in [3.05, 3.63) is 0 Å². The number of ether oxygens (including phenoxy) is 5. The molecular formula is C18H33NO15. The van der Waals surface area contributed by atoms with Crippen LogP contribution in [0.3, 0.4) is 0 Å². The molecule has 0 aromatic heterocycles. The predicted octanol–water partition coefficient (Wildman–Crippen LogP) is -7.26. The van der Waals surface area contributed by atoms with Crippen LogP contribution >= 0.6 is 0 Å². The summed E-state index contributed by atoms with van der Waals surface area (Å²) < 4.78 is 26.6. The van der Waals surface area contributed by atoms with Gasteiger partial charge in [-0.3, -0.25) is 5.73 Å². The van der Waals surface area contributed by atoms with Gasteiger partial charge in [0.05, 0.1) is 13.2 Å². The van der Waals surface area contributed by atoms with Crippen molar-refractivity contribution >= 4 is 0 Å². The normalized spacial score (nSPS) is 54.7. The standard InChI is InChI=1S/C18H33NO15/c1-4-18(19,29)14(27)11(26)17(30-4)34-13-6(3-21)32-16(10(25)8(13)23)33-12-5(2-20)31-15(28)9(24)7(12)22/h4-17,20-29H,2-3,19H2,1H3/t4-,5-,6-,7-,8-,9-,10-,11-,12-,13-,14-,15-,16-,17-,18-/m1/s1. The van der Waals surface area contributed by atoms with Crippen LogP contribution in [-0.2, 0) is 23.7 Å². The highest BCUT2D eigenvalue weighted by Crippen LogP contribution is 2.33. The van der Waals surface area contributed by atoms with E-state index in [4.69, 9.17) is 29.4 Å². The van der Waals surface area contributed by atoms with E-state index in [1.165, 1.54) is 6.92 Å². The second kappa shape index (κ2) is 10.8. The van der Waals surface area contributed by atoms with Crippen LogP contribution in [0, 0.1) is 0 Å². The fourth-order valence-electron chi connectivity index (χ4n) is 4.04. The first-order chi connectivity index (χ1) is 15.8. The Morgan fingerprint density at radius 1 is 0.706 bits per heavy atom. The molecule has 0 bridgehead atoms. The Morgan fingerprint density at radius 2 is 1.18 bits per heavy atom. The topological polar surface area (TPSA) is 274 Å². The van der Waals surface area contributed by atoms with Gasteiger partial charge in [-0.05, 0) is 6.92 Å². The Bertz CT molecular complexity index is 667. The molecule has 0 aromatic rings. The lowest BCUT2D eigenvalue weighted by molar-refractivity contribution is -0.382. The Kier molecular flexibility index (Phi) is 8.85. The zero-order valence-electron chi connectivity index (χ0n) is 18.1. The molecule has 16 heteroatoms. The summed E-state index contributed by atoms with van der Waals surface area (Å²) in [6.45, 7) is -0.260.